The van der Waals surface area contributed by atoms with Crippen molar-refractivity contribution in [2.75, 3.05) is 0 Å². The number of carbonyl (C=O) groups excluding carboxylic acids is 1. The van der Waals surface area contributed by atoms with Gasteiger partial charge in [-0.25, -0.2) is 0 Å². The maximum atomic E-state index is 13.1. The first-order chi connectivity index (χ1) is 13.3. The van der Waals surface area contributed by atoms with Crippen LogP contribution < -0.4 is 4.74 Å². The molecule has 1 aromatic heterocycles. The van der Waals surface area contributed by atoms with Gasteiger partial charge in [-0.15, -0.1) is 10.2 Å². The van der Waals surface area contributed by atoms with Gasteiger partial charge >= 0.3 is 0 Å². The third-order valence-corrected chi connectivity index (χ3v) is 4.38. The van der Waals surface area contributed by atoms with Crippen LogP contribution in [0.4, 0.5) is 0 Å². The lowest BCUT2D eigenvalue weighted by Crippen LogP contribution is -2.50. The van der Waals surface area contributed by atoms with Crippen molar-refractivity contribution in [2.45, 2.75) is 45.9 Å². The van der Waals surface area contributed by atoms with Crippen LogP contribution in [0.15, 0.2) is 65.4 Å². The Hall–Kier alpha value is -3.15. The lowest BCUT2D eigenvalue weighted by atomic mass is 10.0. The summed E-state index contributed by atoms with van der Waals surface area (Å²) in [5, 5.41) is 7.55. The first-order valence-corrected chi connectivity index (χ1v) is 9.23. The molecule has 1 amide bonds. The monoisotopic (exact) mass is 379 g/mol. The number of rotatable bonds is 6. The van der Waals surface area contributed by atoms with Crippen LogP contribution in [-0.4, -0.2) is 32.6 Å². The highest BCUT2D eigenvalue weighted by Gasteiger charge is 2.31. The van der Waals surface area contributed by atoms with E-state index in [1.54, 1.807) is 19.1 Å². The van der Waals surface area contributed by atoms with Crippen LogP contribution in [-0.2, 0) is 11.3 Å². The maximum Gasteiger partial charge on any atom is 0.264 e. The molecule has 0 N–H and O–H groups in total. The summed E-state index contributed by atoms with van der Waals surface area (Å²) < 4.78 is 11.1. The normalized spacial score (nSPS) is 12.4. The Morgan fingerprint density at radius 1 is 1.11 bits per heavy atom. The Morgan fingerprint density at radius 2 is 1.79 bits per heavy atom. The predicted molar refractivity (Wildman–Crippen MR) is 107 cm³/mol. The van der Waals surface area contributed by atoms with Gasteiger partial charge in [0.25, 0.3) is 5.91 Å². The van der Waals surface area contributed by atoms with Crippen molar-refractivity contribution in [1.29, 1.82) is 0 Å². The van der Waals surface area contributed by atoms with E-state index in [0.29, 0.717) is 18.2 Å². The first-order valence-electron chi connectivity index (χ1n) is 9.23. The van der Waals surface area contributed by atoms with E-state index in [2.05, 4.69) is 10.2 Å². The minimum atomic E-state index is -0.614. The highest BCUT2D eigenvalue weighted by atomic mass is 16.5. The van der Waals surface area contributed by atoms with E-state index in [-0.39, 0.29) is 11.4 Å². The molecule has 6 heteroatoms. The van der Waals surface area contributed by atoms with Crippen molar-refractivity contribution in [3.63, 3.8) is 0 Å². The zero-order valence-corrected chi connectivity index (χ0v) is 16.6. The molecule has 1 atom stereocenters. The third kappa shape index (κ3) is 4.76. The van der Waals surface area contributed by atoms with Crippen molar-refractivity contribution in [3.8, 4) is 17.2 Å². The fourth-order valence-corrected chi connectivity index (χ4v) is 2.86. The van der Waals surface area contributed by atoms with E-state index in [0.717, 1.165) is 11.1 Å². The van der Waals surface area contributed by atoms with Gasteiger partial charge in [-0.2, -0.15) is 0 Å². The van der Waals surface area contributed by atoms with Crippen LogP contribution in [0, 0.1) is 0 Å². The third-order valence-electron chi connectivity index (χ3n) is 4.38. The molecule has 3 aromatic rings. The van der Waals surface area contributed by atoms with Crippen molar-refractivity contribution in [2.24, 2.45) is 0 Å². The summed E-state index contributed by atoms with van der Waals surface area (Å²) in [6.07, 6.45) is 0.672. The topological polar surface area (TPSA) is 68.5 Å². The van der Waals surface area contributed by atoms with Crippen LogP contribution >= 0.6 is 0 Å². The second kappa shape index (κ2) is 8.25. The smallest absolute Gasteiger partial charge is 0.264 e. The number of amides is 1. The van der Waals surface area contributed by atoms with Crippen molar-refractivity contribution >= 4 is 5.91 Å². The van der Waals surface area contributed by atoms with Crippen molar-refractivity contribution in [3.05, 3.63) is 66.6 Å². The molecule has 0 bridgehead atoms. The molecule has 0 fully saturated rings. The van der Waals surface area contributed by atoms with E-state index in [9.17, 15) is 4.79 Å². The molecule has 0 spiro atoms. The number of aromatic nitrogens is 2. The standard InChI is InChI=1S/C22H25N3O3/c1-16(28-19-12-10-18(11-13-19)20-24-23-15-27-20)21(26)25(22(2,3)4)14-17-8-6-5-7-9-17/h5-13,15-16H,14H2,1-4H3/t16-/m1/s1. The number of hydrogen-bond donors (Lipinski definition) is 0. The molecule has 6 nitrogen and oxygen atoms in total. The molecule has 1 heterocycles. The van der Waals surface area contributed by atoms with Crippen LogP contribution in [0.1, 0.15) is 33.3 Å². The van der Waals surface area contributed by atoms with Gasteiger partial charge in [-0.05, 0) is 57.5 Å². The van der Waals surface area contributed by atoms with Gasteiger partial charge in [-0.3, -0.25) is 4.79 Å². The van der Waals surface area contributed by atoms with Gasteiger partial charge in [0.15, 0.2) is 6.10 Å². The van der Waals surface area contributed by atoms with Gasteiger partial charge < -0.3 is 14.1 Å². The molecule has 28 heavy (non-hydrogen) atoms. The second-order valence-corrected chi connectivity index (χ2v) is 7.61. The molecule has 0 aliphatic rings. The van der Waals surface area contributed by atoms with E-state index in [1.165, 1.54) is 6.39 Å². The zero-order valence-electron chi connectivity index (χ0n) is 16.6. The Morgan fingerprint density at radius 3 is 2.36 bits per heavy atom. The molecule has 0 unspecified atom stereocenters. The van der Waals surface area contributed by atoms with Crippen LogP contribution in [0.2, 0.25) is 0 Å². The number of nitrogens with zero attached hydrogens (tertiary/aromatic N) is 3. The van der Waals surface area contributed by atoms with Gasteiger partial charge in [0, 0.05) is 17.6 Å². The molecule has 0 aliphatic heterocycles. The van der Waals surface area contributed by atoms with E-state index in [4.69, 9.17) is 9.15 Å². The minimum Gasteiger partial charge on any atom is -0.481 e. The number of hydrogen-bond acceptors (Lipinski definition) is 5. The Kier molecular flexibility index (Phi) is 5.78. The summed E-state index contributed by atoms with van der Waals surface area (Å²) in [5.41, 5.74) is 1.55. The van der Waals surface area contributed by atoms with Crippen molar-refractivity contribution < 1.29 is 13.9 Å². The summed E-state index contributed by atoms with van der Waals surface area (Å²) in [6, 6.07) is 17.2. The SMILES string of the molecule is C[C@@H](Oc1ccc(-c2nnco2)cc1)C(=O)N(Cc1ccccc1)C(C)(C)C. The molecule has 0 saturated heterocycles. The minimum absolute atomic E-state index is 0.0580. The highest BCUT2D eigenvalue weighted by molar-refractivity contribution is 5.81. The van der Waals surface area contributed by atoms with Gasteiger partial charge in [-0.1, -0.05) is 30.3 Å². The predicted octanol–water partition coefficient (Wildman–Crippen LogP) is 4.33. The average molecular weight is 379 g/mol. The number of benzene rings is 2. The average Bonchev–Trinajstić information content (AvgIpc) is 3.21. The summed E-state index contributed by atoms with van der Waals surface area (Å²) in [7, 11) is 0. The summed E-state index contributed by atoms with van der Waals surface area (Å²) in [5.74, 6) is 0.993. The van der Waals surface area contributed by atoms with Crippen LogP contribution in [0.3, 0.4) is 0 Å². The fraction of sp³-hybridized carbons (Fsp3) is 0.318. The number of ether oxygens (including phenoxy) is 1. The zero-order chi connectivity index (χ0) is 20.1. The Bertz CT molecular complexity index is 885. The van der Waals surface area contributed by atoms with Crippen LogP contribution in [0.5, 0.6) is 5.75 Å². The van der Waals surface area contributed by atoms with Gasteiger partial charge in [0.2, 0.25) is 12.3 Å². The molecule has 3 rings (SSSR count). The Labute approximate surface area is 165 Å². The molecule has 2 aromatic carbocycles. The summed E-state index contributed by atoms with van der Waals surface area (Å²) >= 11 is 0. The molecular weight excluding hydrogens is 354 g/mol. The first kappa shape index (κ1) is 19.6. The van der Waals surface area contributed by atoms with E-state index < -0.39 is 6.10 Å². The molecule has 146 valence electrons. The summed E-state index contributed by atoms with van der Waals surface area (Å²) in [4.78, 5) is 15.0. The second-order valence-electron chi connectivity index (χ2n) is 7.61. The van der Waals surface area contributed by atoms with Gasteiger partial charge in [0.1, 0.15) is 5.75 Å². The molecule has 0 saturated carbocycles. The number of carbonyl (C=O) groups is 1. The molecule has 0 aliphatic carbocycles. The molecular formula is C22H25N3O3. The van der Waals surface area contributed by atoms with E-state index >= 15 is 0 Å². The summed E-state index contributed by atoms with van der Waals surface area (Å²) in [6.45, 7) is 8.39. The largest absolute Gasteiger partial charge is 0.481 e. The lowest BCUT2D eigenvalue weighted by molar-refractivity contribution is -0.143. The quantitative estimate of drug-likeness (QED) is 0.638. The Balaban J connectivity index is 1.70. The van der Waals surface area contributed by atoms with E-state index in [1.807, 2.05) is 68.1 Å². The van der Waals surface area contributed by atoms with Crippen molar-refractivity contribution in [1.82, 2.24) is 15.1 Å². The van der Waals surface area contributed by atoms with Crippen LogP contribution in [0.25, 0.3) is 11.5 Å². The highest BCUT2D eigenvalue weighted by Crippen LogP contribution is 2.23. The molecule has 0 radical (unpaired) electrons. The van der Waals surface area contributed by atoms with Gasteiger partial charge in [0.05, 0.1) is 0 Å². The maximum absolute atomic E-state index is 13.1. The fourth-order valence-electron chi connectivity index (χ4n) is 2.86. The lowest BCUT2D eigenvalue weighted by Gasteiger charge is -2.37.